The van der Waals surface area contributed by atoms with E-state index in [0.717, 1.165) is 22.3 Å². The molecule has 0 saturated carbocycles. The first kappa shape index (κ1) is 12.5. The molecule has 19 heavy (non-hydrogen) atoms. The van der Waals surface area contributed by atoms with E-state index in [4.69, 9.17) is 27.6 Å². The van der Waals surface area contributed by atoms with Gasteiger partial charge in [0.1, 0.15) is 21.6 Å². The van der Waals surface area contributed by atoms with Gasteiger partial charge in [0.15, 0.2) is 5.82 Å². The molecule has 0 saturated heterocycles. The number of fused-ring (bicyclic) bond motifs is 1. The Morgan fingerprint density at radius 3 is 2.32 bits per heavy atom. The van der Waals surface area contributed by atoms with Crippen LogP contribution in [-0.4, -0.2) is 9.97 Å². The summed E-state index contributed by atoms with van der Waals surface area (Å²) in [6.07, 6.45) is 0. The molecular formula is C14H10Cl2N2O. The molecule has 5 heteroatoms. The molecule has 3 nitrogen and oxygen atoms in total. The number of benzene rings is 1. The van der Waals surface area contributed by atoms with Crippen molar-refractivity contribution in [2.75, 3.05) is 0 Å². The number of furan rings is 1. The first-order chi connectivity index (χ1) is 9.08. The van der Waals surface area contributed by atoms with Gasteiger partial charge in [-0.2, -0.15) is 0 Å². The second kappa shape index (κ2) is 4.51. The fourth-order valence-electron chi connectivity index (χ4n) is 2.02. The molecule has 0 amide bonds. The first-order valence-corrected chi connectivity index (χ1v) is 6.51. The van der Waals surface area contributed by atoms with E-state index in [1.807, 2.05) is 31.2 Å². The van der Waals surface area contributed by atoms with Crippen molar-refractivity contribution in [3.63, 3.8) is 0 Å². The summed E-state index contributed by atoms with van der Waals surface area (Å²) in [6.45, 7) is 3.66. The molecule has 0 atom stereocenters. The van der Waals surface area contributed by atoms with Crippen LogP contribution < -0.4 is 0 Å². The van der Waals surface area contributed by atoms with E-state index in [1.54, 1.807) is 6.92 Å². The van der Waals surface area contributed by atoms with Crippen LogP contribution in [0.1, 0.15) is 11.3 Å². The maximum atomic E-state index is 6.07. The molecule has 0 radical (unpaired) electrons. The number of para-hydroxylation sites is 1. The van der Waals surface area contributed by atoms with Gasteiger partial charge in [0.25, 0.3) is 0 Å². The number of nitrogens with zero attached hydrogens (tertiary/aromatic N) is 2. The smallest absolute Gasteiger partial charge is 0.166 e. The lowest BCUT2D eigenvalue weighted by Gasteiger charge is -2.04. The molecule has 0 unspecified atom stereocenters. The predicted molar refractivity (Wildman–Crippen MR) is 76.7 cm³/mol. The highest BCUT2D eigenvalue weighted by Crippen LogP contribution is 2.34. The molecule has 1 aromatic carbocycles. The van der Waals surface area contributed by atoms with Gasteiger partial charge >= 0.3 is 0 Å². The molecule has 2 heterocycles. The number of rotatable bonds is 1. The summed E-state index contributed by atoms with van der Waals surface area (Å²) in [4.78, 5) is 8.59. The minimum atomic E-state index is 0.361. The van der Waals surface area contributed by atoms with Crippen molar-refractivity contribution in [3.05, 3.63) is 45.9 Å². The Balaban J connectivity index is 2.33. The van der Waals surface area contributed by atoms with Gasteiger partial charge in [0.05, 0.1) is 5.56 Å². The molecule has 0 aliphatic carbocycles. The van der Waals surface area contributed by atoms with Crippen LogP contribution >= 0.6 is 23.2 Å². The van der Waals surface area contributed by atoms with Crippen LogP contribution in [0.2, 0.25) is 10.3 Å². The van der Waals surface area contributed by atoms with Gasteiger partial charge in [-0.05, 0) is 19.9 Å². The topological polar surface area (TPSA) is 38.9 Å². The van der Waals surface area contributed by atoms with Crippen LogP contribution in [0.4, 0.5) is 0 Å². The molecule has 96 valence electrons. The number of halogens is 2. The normalized spacial score (nSPS) is 11.2. The number of hydrogen-bond acceptors (Lipinski definition) is 3. The molecule has 2 aromatic heterocycles. The van der Waals surface area contributed by atoms with Crippen molar-refractivity contribution < 1.29 is 4.42 Å². The molecule has 3 aromatic rings. The molecular weight excluding hydrogens is 283 g/mol. The Hall–Kier alpha value is -1.58. The molecule has 3 rings (SSSR count). The van der Waals surface area contributed by atoms with Gasteiger partial charge in [0.2, 0.25) is 0 Å². The van der Waals surface area contributed by atoms with E-state index < -0.39 is 0 Å². The molecule has 0 aliphatic heterocycles. The van der Waals surface area contributed by atoms with Crippen molar-refractivity contribution in [3.8, 4) is 11.4 Å². The van der Waals surface area contributed by atoms with Crippen molar-refractivity contribution in [2.45, 2.75) is 13.8 Å². The van der Waals surface area contributed by atoms with E-state index in [1.165, 1.54) is 0 Å². The van der Waals surface area contributed by atoms with Crippen LogP contribution in [0, 0.1) is 13.8 Å². The van der Waals surface area contributed by atoms with Gasteiger partial charge < -0.3 is 4.42 Å². The van der Waals surface area contributed by atoms with E-state index in [0.29, 0.717) is 21.7 Å². The van der Waals surface area contributed by atoms with Crippen LogP contribution in [0.5, 0.6) is 0 Å². The quantitative estimate of drug-likeness (QED) is 0.604. The van der Waals surface area contributed by atoms with Crippen molar-refractivity contribution in [1.82, 2.24) is 9.97 Å². The zero-order chi connectivity index (χ0) is 13.6. The SMILES string of the molecule is Cc1oc2ccccc2c1-c1nc(Cl)c(C)c(Cl)n1. The van der Waals surface area contributed by atoms with Crippen LogP contribution in [-0.2, 0) is 0 Å². The van der Waals surface area contributed by atoms with E-state index in [2.05, 4.69) is 9.97 Å². The van der Waals surface area contributed by atoms with Gasteiger partial charge in [-0.1, -0.05) is 41.4 Å². The average Bonchev–Trinajstić information content (AvgIpc) is 2.71. The third-order valence-corrected chi connectivity index (χ3v) is 3.76. The fourth-order valence-corrected chi connectivity index (χ4v) is 2.41. The summed E-state index contributed by atoms with van der Waals surface area (Å²) in [5, 5.41) is 1.68. The minimum absolute atomic E-state index is 0.361. The highest BCUT2D eigenvalue weighted by atomic mass is 35.5. The second-order valence-electron chi connectivity index (χ2n) is 4.28. The fraction of sp³-hybridized carbons (Fsp3) is 0.143. The lowest BCUT2D eigenvalue weighted by molar-refractivity contribution is 0.579. The van der Waals surface area contributed by atoms with E-state index in [-0.39, 0.29) is 0 Å². The van der Waals surface area contributed by atoms with Crippen molar-refractivity contribution >= 4 is 34.2 Å². The Bertz CT molecular complexity index is 757. The lowest BCUT2D eigenvalue weighted by atomic mass is 10.1. The average molecular weight is 293 g/mol. The number of aromatic nitrogens is 2. The Morgan fingerprint density at radius 2 is 1.63 bits per heavy atom. The molecule has 0 bridgehead atoms. The third-order valence-electron chi connectivity index (χ3n) is 3.02. The Kier molecular flexibility index (Phi) is 2.96. The Labute approximate surface area is 120 Å². The summed E-state index contributed by atoms with van der Waals surface area (Å²) < 4.78 is 5.70. The molecule has 0 spiro atoms. The third kappa shape index (κ3) is 1.99. The molecule has 0 fully saturated rings. The highest BCUT2D eigenvalue weighted by molar-refractivity contribution is 6.34. The first-order valence-electron chi connectivity index (χ1n) is 5.76. The maximum absolute atomic E-state index is 6.07. The monoisotopic (exact) mass is 292 g/mol. The summed E-state index contributed by atoms with van der Waals surface area (Å²) in [5.74, 6) is 1.24. The summed E-state index contributed by atoms with van der Waals surface area (Å²) in [6, 6.07) is 7.73. The van der Waals surface area contributed by atoms with E-state index in [9.17, 15) is 0 Å². The van der Waals surface area contributed by atoms with Gasteiger partial charge in [0, 0.05) is 10.9 Å². The van der Waals surface area contributed by atoms with Crippen molar-refractivity contribution in [2.24, 2.45) is 0 Å². The number of aryl methyl sites for hydroxylation is 1. The summed E-state index contributed by atoms with van der Waals surface area (Å²) in [7, 11) is 0. The Morgan fingerprint density at radius 1 is 1.00 bits per heavy atom. The van der Waals surface area contributed by atoms with Gasteiger partial charge in [-0.3, -0.25) is 0 Å². The molecule has 0 N–H and O–H groups in total. The molecule has 0 aliphatic rings. The largest absolute Gasteiger partial charge is 0.461 e. The number of hydrogen-bond donors (Lipinski definition) is 0. The van der Waals surface area contributed by atoms with Crippen molar-refractivity contribution in [1.29, 1.82) is 0 Å². The van der Waals surface area contributed by atoms with Gasteiger partial charge in [-0.25, -0.2) is 9.97 Å². The lowest BCUT2D eigenvalue weighted by Crippen LogP contribution is -1.94. The van der Waals surface area contributed by atoms with Crippen LogP contribution in [0.15, 0.2) is 28.7 Å². The van der Waals surface area contributed by atoms with Crippen LogP contribution in [0.3, 0.4) is 0 Å². The maximum Gasteiger partial charge on any atom is 0.166 e. The second-order valence-corrected chi connectivity index (χ2v) is 5.00. The minimum Gasteiger partial charge on any atom is -0.461 e. The standard InChI is InChI=1S/C14H10Cl2N2O/c1-7-12(15)17-14(18-13(7)16)11-8(2)19-10-6-4-3-5-9(10)11/h3-6H,1-2H3. The predicted octanol–water partition coefficient (Wildman–Crippen LogP) is 4.81. The van der Waals surface area contributed by atoms with Gasteiger partial charge in [-0.15, -0.1) is 0 Å². The summed E-state index contributed by atoms with van der Waals surface area (Å²) in [5.41, 5.74) is 2.31. The zero-order valence-electron chi connectivity index (χ0n) is 10.4. The van der Waals surface area contributed by atoms with Crippen LogP contribution in [0.25, 0.3) is 22.4 Å². The highest BCUT2D eigenvalue weighted by Gasteiger charge is 2.17. The van der Waals surface area contributed by atoms with E-state index >= 15 is 0 Å². The summed E-state index contributed by atoms with van der Waals surface area (Å²) >= 11 is 12.1. The zero-order valence-corrected chi connectivity index (χ0v) is 11.9.